The first kappa shape index (κ1) is 11.6. The maximum absolute atomic E-state index is 12.0. The van der Waals surface area contributed by atoms with Gasteiger partial charge in [-0.2, -0.15) is 0 Å². The molecule has 2 rings (SSSR count). The molecule has 0 unspecified atom stereocenters. The van der Waals surface area contributed by atoms with Gasteiger partial charge in [0.2, 0.25) is 5.76 Å². The summed E-state index contributed by atoms with van der Waals surface area (Å²) in [4.78, 5) is 27.8. The maximum Gasteiger partial charge on any atom is 0.305 e. The van der Waals surface area contributed by atoms with Gasteiger partial charge in [-0.05, 0) is 12.8 Å². The smallest absolute Gasteiger partial charge is 0.305 e. The predicted octanol–water partition coefficient (Wildman–Crippen LogP) is 1.10. The van der Waals surface area contributed by atoms with E-state index in [1.54, 1.807) is 7.05 Å². The highest BCUT2D eigenvalue weighted by Crippen LogP contribution is 2.40. The molecule has 17 heavy (non-hydrogen) atoms. The molecular weight excluding hydrogens is 224 g/mol. The van der Waals surface area contributed by atoms with Crippen LogP contribution in [0.25, 0.3) is 0 Å². The van der Waals surface area contributed by atoms with E-state index in [0.29, 0.717) is 11.6 Å². The van der Waals surface area contributed by atoms with Gasteiger partial charge in [-0.15, -0.1) is 0 Å². The molecule has 1 aliphatic carbocycles. The van der Waals surface area contributed by atoms with Crippen LogP contribution in [0, 0.1) is 0 Å². The summed E-state index contributed by atoms with van der Waals surface area (Å²) in [6.45, 7) is 0.166. The number of carbonyl (C=O) groups excluding carboxylic acids is 1. The van der Waals surface area contributed by atoms with Crippen molar-refractivity contribution in [3.63, 3.8) is 0 Å². The molecule has 0 atom stereocenters. The minimum atomic E-state index is -0.926. The fourth-order valence-electron chi connectivity index (χ4n) is 1.60. The topological polar surface area (TPSA) is 83.6 Å². The van der Waals surface area contributed by atoms with Crippen LogP contribution in [-0.2, 0) is 4.79 Å². The summed E-state index contributed by atoms with van der Waals surface area (Å²) in [6.07, 6.45) is 3.26. The van der Waals surface area contributed by atoms with Crippen LogP contribution in [0.5, 0.6) is 0 Å². The first-order valence-corrected chi connectivity index (χ1v) is 5.50. The minimum Gasteiger partial charge on any atom is -0.481 e. The Morgan fingerprint density at radius 2 is 2.29 bits per heavy atom. The van der Waals surface area contributed by atoms with E-state index in [1.165, 1.54) is 11.3 Å². The van der Waals surface area contributed by atoms with Crippen LogP contribution in [0.2, 0.25) is 0 Å². The molecule has 1 N–H and O–H groups in total. The van der Waals surface area contributed by atoms with E-state index in [1.807, 2.05) is 0 Å². The van der Waals surface area contributed by atoms with Crippen molar-refractivity contribution in [1.82, 2.24) is 9.88 Å². The summed E-state index contributed by atoms with van der Waals surface area (Å²) in [5.41, 5.74) is 0.706. The van der Waals surface area contributed by atoms with Crippen LogP contribution >= 0.6 is 0 Å². The third kappa shape index (κ3) is 2.64. The zero-order chi connectivity index (χ0) is 12.4. The monoisotopic (exact) mass is 238 g/mol. The predicted molar refractivity (Wildman–Crippen MR) is 57.7 cm³/mol. The van der Waals surface area contributed by atoms with Crippen LogP contribution in [0.15, 0.2) is 10.8 Å². The van der Waals surface area contributed by atoms with Gasteiger partial charge < -0.3 is 14.4 Å². The van der Waals surface area contributed by atoms with Crippen LogP contribution in [0.3, 0.4) is 0 Å². The van der Waals surface area contributed by atoms with Crippen LogP contribution in [-0.4, -0.2) is 40.5 Å². The van der Waals surface area contributed by atoms with E-state index in [2.05, 4.69) is 4.98 Å². The molecule has 6 nitrogen and oxygen atoms in total. The SMILES string of the molecule is CN(CCC(=O)O)C(=O)c1ocnc1C1CC1. The van der Waals surface area contributed by atoms with Crippen LogP contribution < -0.4 is 0 Å². The van der Waals surface area contributed by atoms with E-state index in [9.17, 15) is 9.59 Å². The van der Waals surface area contributed by atoms with Gasteiger partial charge in [-0.25, -0.2) is 4.98 Å². The zero-order valence-electron chi connectivity index (χ0n) is 9.55. The van der Waals surface area contributed by atoms with E-state index < -0.39 is 5.97 Å². The van der Waals surface area contributed by atoms with Crippen LogP contribution in [0.1, 0.15) is 41.4 Å². The lowest BCUT2D eigenvalue weighted by molar-refractivity contribution is -0.137. The van der Waals surface area contributed by atoms with Gasteiger partial charge >= 0.3 is 5.97 Å². The summed E-state index contributed by atoms with van der Waals surface area (Å²) in [7, 11) is 1.56. The highest BCUT2D eigenvalue weighted by Gasteiger charge is 2.32. The average Bonchev–Trinajstić information content (AvgIpc) is 3.03. The molecule has 0 aliphatic heterocycles. The Bertz CT molecular complexity index is 436. The van der Waals surface area contributed by atoms with Crippen molar-refractivity contribution in [2.75, 3.05) is 13.6 Å². The Hall–Kier alpha value is -1.85. The second-order valence-electron chi connectivity index (χ2n) is 4.21. The van der Waals surface area contributed by atoms with Crippen molar-refractivity contribution >= 4 is 11.9 Å². The van der Waals surface area contributed by atoms with Crippen molar-refractivity contribution in [1.29, 1.82) is 0 Å². The van der Waals surface area contributed by atoms with Crippen molar-refractivity contribution in [2.45, 2.75) is 25.2 Å². The number of carbonyl (C=O) groups is 2. The molecule has 0 bridgehead atoms. The molecule has 1 heterocycles. The number of rotatable bonds is 5. The lowest BCUT2D eigenvalue weighted by Crippen LogP contribution is -2.29. The van der Waals surface area contributed by atoms with E-state index in [0.717, 1.165) is 12.8 Å². The second kappa shape index (κ2) is 4.57. The molecule has 0 saturated heterocycles. The molecule has 6 heteroatoms. The zero-order valence-corrected chi connectivity index (χ0v) is 9.55. The molecule has 1 aromatic rings. The van der Waals surface area contributed by atoms with Crippen molar-refractivity contribution in [3.8, 4) is 0 Å². The number of aliphatic carboxylic acids is 1. The van der Waals surface area contributed by atoms with Crippen LogP contribution in [0.4, 0.5) is 0 Å². The average molecular weight is 238 g/mol. The summed E-state index contributed by atoms with van der Waals surface area (Å²) >= 11 is 0. The number of hydrogen-bond donors (Lipinski definition) is 1. The molecular formula is C11H14N2O4. The van der Waals surface area contributed by atoms with Gasteiger partial charge in [-0.1, -0.05) is 0 Å². The third-order valence-corrected chi connectivity index (χ3v) is 2.76. The fraction of sp³-hybridized carbons (Fsp3) is 0.545. The fourth-order valence-corrected chi connectivity index (χ4v) is 1.60. The molecule has 1 amide bonds. The minimum absolute atomic E-state index is 0.0743. The quantitative estimate of drug-likeness (QED) is 0.830. The molecule has 0 radical (unpaired) electrons. The lowest BCUT2D eigenvalue weighted by atomic mass is 10.2. The molecule has 1 saturated carbocycles. The first-order chi connectivity index (χ1) is 8.09. The number of amides is 1. The van der Waals surface area contributed by atoms with Crippen molar-refractivity contribution in [3.05, 3.63) is 17.8 Å². The molecule has 1 fully saturated rings. The van der Waals surface area contributed by atoms with Gasteiger partial charge in [0.1, 0.15) is 0 Å². The largest absolute Gasteiger partial charge is 0.481 e. The van der Waals surface area contributed by atoms with Crippen molar-refractivity contribution in [2.24, 2.45) is 0 Å². The van der Waals surface area contributed by atoms with Gasteiger partial charge in [0, 0.05) is 19.5 Å². The molecule has 0 spiro atoms. The Kier molecular flexibility index (Phi) is 3.12. The number of oxazole rings is 1. The van der Waals surface area contributed by atoms with Gasteiger partial charge in [-0.3, -0.25) is 9.59 Å². The molecule has 92 valence electrons. The summed E-state index contributed by atoms with van der Waals surface area (Å²) in [6, 6.07) is 0. The maximum atomic E-state index is 12.0. The number of nitrogens with zero attached hydrogens (tertiary/aromatic N) is 2. The number of carboxylic acid groups (broad SMARTS) is 1. The lowest BCUT2D eigenvalue weighted by Gasteiger charge is -2.14. The number of hydrogen-bond acceptors (Lipinski definition) is 4. The van der Waals surface area contributed by atoms with Gasteiger partial charge in [0.05, 0.1) is 12.1 Å². The standard InChI is InChI=1S/C11H14N2O4/c1-13(5-4-8(14)15)11(16)10-9(7-2-3-7)12-6-17-10/h6-7H,2-5H2,1H3,(H,14,15). The summed E-state index contributed by atoms with van der Waals surface area (Å²) in [5, 5.41) is 8.55. The van der Waals surface area contributed by atoms with E-state index >= 15 is 0 Å². The molecule has 0 aromatic carbocycles. The molecule has 1 aliphatic rings. The first-order valence-electron chi connectivity index (χ1n) is 5.50. The van der Waals surface area contributed by atoms with Gasteiger partial charge in [0.25, 0.3) is 5.91 Å². The van der Waals surface area contributed by atoms with Crippen molar-refractivity contribution < 1.29 is 19.1 Å². The Morgan fingerprint density at radius 3 is 2.88 bits per heavy atom. The number of carboxylic acids is 1. The summed E-state index contributed by atoms with van der Waals surface area (Å²) in [5.74, 6) is -0.642. The third-order valence-electron chi connectivity index (χ3n) is 2.76. The normalized spacial score (nSPS) is 14.6. The molecule has 1 aromatic heterocycles. The van der Waals surface area contributed by atoms with E-state index in [4.69, 9.17) is 9.52 Å². The highest BCUT2D eigenvalue weighted by molar-refractivity contribution is 5.92. The van der Waals surface area contributed by atoms with Gasteiger partial charge in [0.15, 0.2) is 6.39 Å². The number of aromatic nitrogens is 1. The Balaban J connectivity index is 2.02. The highest BCUT2D eigenvalue weighted by atomic mass is 16.4. The second-order valence-corrected chi connectivity index (χ2v) is 4.21. The summed E-state index contributed by atoms with van der Waals surface area (Å²) < 4.78 is 5.11. The Labute approximate surface area is 98.2 Å². The Morgan fingerprint density at radius 1 is 1.59 bits per heavy atom. The van der Waals surface area contributed by atoms with E-state index in [-0.39, 0.29) is 24.6 Å².